The molecule has 8 heteroatoms. The Balaban J connectivity index is 2.20. The molecule has 2 heterocycles. The van der Waals surface area contributed by atoms with E-state index in [-0.39, 0.29) is 12.1 Å². The maximum Gasteiger partial charge on any atom is 0.269 e. The molecular weight excluding hydrogens is 272 g/mol. The normalized spacial score (nSPS) is 11.7. The predicted octanol–water partition coefficient (Wildman–Crippen LogP) is 0.325. The summed E-state index contributed by atoms with van der Waals surface area (Å²) in [7, 11) is 1.90. The van der Waals surface area contributed by atoms with E-state index >= 15 is 0 Å². The quantitative estimate of drug-likeness (QED) is 0.846. The molecule has 0 amide bonds. The topological polar surface area (TPSA) is 103 Å². The van der Waals surface area contributed by atoms with Gasteiger partial charge in [-0.3, -0.25) is 4.79 Å². The third-order valence-corrected chi connectivity index (χ3v) is 3.10. The minimum Gasteiger partial charge on any atom is -0.373 e. The zero-order valence-corrected chi connectivity index (χ0v) is 12.7. The van der Waals surface area contributed by atoms with Gasteiger partial charge in [-0.2, -0.15) is 10.1 Å². The fourth-order valence-corrected chi connectivity index (χ4v) is 1.64. The molecule has 0 aliphatic heterocycles. The average molecular weight is 292 g/mol. The lowest BCUT2D eigenvalue weighted by molar-refractivity contribution is 0.349. The smallest absolute Gasteiger partial charge is 0.269 e. The van der Waals surface area contributed by atoms with E-state index in [0.29, 0.717) is 11.7 Å². The van der Waals surface area contributed by atoms with Crippen LogP contribution in [0.1, 0.15) is 32.5 Å². The molecule has 0 unspecified atom stereocenters. The summed E-state index contributed by atoms with van der Waals surface area (Å²) in [6, 6.07) is 1.53. The first kappa shape index (κ1) is 15.2. The Hall–Kier alpha value is -2.22. The zero-order chi connectivity index (χ0) is 15.6. The Morgan fingerprint density at radius 2 is 2.19 bits per heavy atom. The Labute approximate surface area is 122 Å². The van der Waals surface area contributed by atoms with Crippen LogP contribution >= 0.6 is 0 Å². The highest BCUT2D eigenvalue weighted by Crippen LogP contribution is 2.13. The highest BCUT2D eigenvalue weighted by Gasteiger charge is 2.21. The van der Waals surface area contributed by atoms with Crippen LogP contribution in [0.5, 0.6) is 0 Å². The molecular formula is C13H20N6O2. The Morgan fingerprint density at radius 1 is 1.48 bits per heavy atom. The third-order valence-electron chi connectivity index (χ3n) is 3.10. The van der Waals surface area contributed by atoms with Crippen molar-refractivity contribution in [1.82, 2.24) is 19.9 Å². The SMILES string of the molecule is CCN(C)c1cnn(Cc2nc(C(C)(C)N)no2)c(=O)c1. The van der Waals surface area contributed by atoms with E-state index < -0.39 is 5.54 Å². The predicted molar refractivity (Wildman–Crippen MR) is 78.1 cm³/mol. The van der Waals surface area contributed by atoms with Crippen LogP contribution in [-0.2, 0) is 12.1 Å². The summed E-state index contributed by atoms with van der Waals surface area (Å²) < 4.78 is 6.37. The van der Waals surface area contributed by atoms with E-state index in [1.807, 2.05) is 18.9 Å². The summed E-state index contributed by atoms with van der Waals surface area (Å²) in [6.07, 6.45) is 1.63. The van der Waals surface area contributed by atoms with Crippen LogP contribution in [0.15, 0.2) is 21.6 Å². The van der Waals surface area contributed by atoms with Crippen LogP contribution in [0.4, 0.5) is 5.69 Å². The van der Waals surface area contributed by atoms with Crippen LogP contribution < -0.4 is 16.2 Å². The number of hydrogen-bond acceptors (Lipinski definition) is 7. The number of anilines is 1. The fraction of sp³-hybridized carbons (Fsp3) is 0.538. The number of aromatic nitrogens is 4. The Morgan fingerprint density at radius 3 is 2.71 bits per heavy atom. The lowest BCUT2D eigenvalue weighted by Gasteiger charge is -2.15. The summed E-state index contributed by atoms with van der Waals surface area (Å²) >= 11 is 0. The molecule has 0 fully saturated rings. The Bertz CT molecular complexity index is 670. The molecule has 0 aliphatic rings. The maximum atomic E-state index is 12.0. The molecule has 0 atom stereocenters. The molecule has 2 rings (SSSR count). The second kappa shape index (κ2) is 5.65. The molecule has 8 nitrogen and oxygen atoms in total. The van der Waals surface area contributed by atoms with E-state index in [1.165, 1.54) is 10.7 Å². The van der Waals surface area contributed by atoms with Crippen molar-refractivity contribution in [3.05, 3.63) is 34.3 Å². The highest BCUT2D eigenvalue weighted by molar-refractivity contribution is 5.41. The molecule has 0 spiro atoms. The molecule has 0 radical (unpaired) electrons. The van der Waals surface area contributed by atoms with Gasteiger partial charge in [0.25, 0.3) is 5.56 Å². The van der Waals surface area contributed by atoms with Gasteiger partial charge in [0.15, 0.2) is 5.82 Å². The molecule has 2 aromatic rings. The van der Waals surface area contributed by atoms with Gasteiger partial charge in [0.1, 0.15) is 6.54 Å². The number of nitrogens with zero attached hydrogens (tertiary/aromatic N) is 5. The summed E-state index contributed by atoms with van der Waals surface area (Å²) in [4.78, 5) is 18.1. The number of nitrogens with two attached hydrogens (primary N) is 1. The standard InChI is InChI=1S/C13H20N6O2/c1-5-18(4)9-6-11(20)19(15-7-9)8-10-16-12(17-21-10)13(2,3)14/h6-7H,5,8,14H2,1-4H3. The number of rotatable bonds is 5. The zero-order valence-electron chi connectivity index (χ0n) is 12.7. The second-order valence-electron chi connectivity index (χ2n) is 5.46. The van der Waals surface area contributed by atoms with Crippen LogP contribution in [-0.4, -0.2) is 33.5 Å². The van der Waals surface area contributed by atoms with E-state index in [1.54, 1.807) is 20.0 Å². The lowest BCUT2D eigenvalue weighted by Crippen LogP contribution is -2.30. The van der Waals surface area contributed by atoms with Gasteiger partial charge in [0.05, 0.1) is 17.4 Å². The molecule has 0 bridgehead atoms. The van der Waals surface area contributed by atoms with Gasteiger partial charge in [0, 0.05) is 19.7 Å². The van der Waals surface area contributed by atoms with Crippen LogP contribution in [0.2, 0.25) is 0 Å². The average Bonchev–Trinajstić information content (AvgIpc) is 2.88. The highest BCUT2D eigenvalue weighted by atomic mass is 16.5. The van der Waals surface area contributed by atoms with Crippen molar-refractivity contribution in [2.24, 2.45) is 5.73 Å². The van der Waals surface area contributed by atoms with Crippen molar-refractivity contribution in [2.45, 2.75) is 32.9 Å². The van der Waals surface area contributed by atoms with Crippen molar-refractivity contribution in [3.63, 3.8) is 0 Å². The van der Waals surface area contributed by atoms with E-state index in [0.717, 1.165) is 12.2 Å². The minimum atomic E-state index is -0.687. The second-order valence-corrected chi connectivity index (χ2v) is 5.46. The summed E-state index contributed by atoms with van der Waals surface area (Å²) in [5, 5.41) is 7.93. The summed E-state index contributed by atoms with van der Waals surface area (Å²) in [5.41, 5.74) is 5.75. The van der Waals surface area contributed by atoms with Crippen molar-refractivity contribution < 1.29 is 4.52 Å². The molecule has 2 N–H and O–H groups in total. The Kier molecular flexibility index (Phi) is 4.08. The molecule has 0 saturated carbocycles. The molecule has 2 aromatic heterocycles. The molecule has 0 aliphatic carbocycles. The number of hydrogen-bond donors (Lipinski definition) is 1. The summed E-state index contributed by atoms with van der Waals surface area (Å²) in [6.45, 7) is 6.48. The molecule has 21 heavy (non-hydrogen) atoms. The first-order valence-corrected chi connectivity index (χ1v) is 6.71. The van der Waals surface area contributed by atoms with Gasteiger partial charge in [-0.25, -0.2) is 4.68 Å². The first-order valence-electron chi connectivity index (χ1n) is 6.71. The molecule has 0 aromatic carbocycles. The largest absolute Gasteiger partial charge is 0.373 e. The van der Waals surface area contributed by atoms with Crippen LogP contribution in [0.3, 0.4) is 0 Å². The van der Waals surface area contributed by atoms with E-state index in [4.69, 9.17) is 10.3 Å². The van der Waals surface area contributed by atoms with Gasteiger partial charge in [-0.15, -0.1) is 0 Å². The van der Waals surface area contributed by atoms with E-state index in [2.05, 4.69) is 15.2 Å². The van der Waals surface area contributed by atoms with Gasteiger partial charge in [-0.1, -0.05) is 5.16 Å². The third kappa shape index (κ3) is 3.46. The summed E-state index contributed by atoms with van der Waals surface area (Å²) in [5.74, 6) is 0.697. The van der Waals surface area contributed by atoms with Crippen molar-refractivity contribution in [2.75, 3.05) is 18.5 Å². The van der Waals surface area contributed by atoms with E-state index in [9.17, 15) is 4.79 Å². The van der Waals surface area contributed by atoms with Crippen LogP contribution in [0.25, 0.3) is 0 Å². The van der Waals surface area contributed by atoms with Crippen molar-refractivity contribution in [1.29, 1.82) is 0 Å². The van der Waals surface area contributed by atoms with Crippen molar-refractivity contribution >= 4 is 5.69 Å². The molecule has 114 valence electrons. The lowest BCUT2D eigenvalue weighted by atomic mass is 10.1. The first-order chi connectivity index (χ1) is 9.81. The van der Waals surface area contributed by atoms with Crippen LogP contribution in [0, 0.1) is 0 Å². The maximum absolute atomic E-state index is 12.0. The van der Waals surface area contributed by atoms with Gasteiger partial charge < -0.3 is 15.2 Å². The fourth-order valence-electron chi connectivity index (χ4n) is 1.64. The van der Waals surface area contributed by atoms with Gasteiger partial charge >= 0.3 is 0 Å². The monoisotopic (exact) mass is 292 g/mol. The van der Waals surface area contributed by atoms with Gasteiger partial charge in [-0.05, 0) is 20.8 Å². The minimum absolute atomic E-state index is 0.123. The molecule has 0 saturated heterocycles. The van der Waals surface area contributed by atoms with Crippen molar-refractivity contribution in [3.8, 4) is 0 Å². The van der Waals surface area contributed by atoms with Gasteiger partial charge in [0.2, 0.25) is 5.89 Å².